The van der Waals surface area contributed by atoms with Crippen LogP contribution in [0.5, 0.6) is 0 Å². The Hall–Kier alpha value is -0.731. The third-order valence-corrected chi connectivity index (χ3v) is 26.1. The van der Waals surface area contributed by atoms with Gasteiger partial charge in [-0.15, -0.1) is 0 Å². The molecule has 0 spiro atoms. The van der Waals surface area contributed by atoms with Crippen LogP contribution in [0.25, 0.3) is 4.83 Å². The monoisotopic (exact) mass is 539 g/mol. The van der Waals surface area contributed by atoms with E-state index in [0.29, 0.717) is 5.69 Å². The molecule has 158 valence electrons. The summed E-state index contributed by atoms with van der Waals surface area (Å²) in [5.41, 5.74) is 3.16. The number of thiazole rings is 2. The fraction of sp³-hybridized carbons (Fsp3) is 0.591. The second-order valence-corrected chi connectivity index (χ2v) is 24.1. The van der Waals surface area contributed by atoms with Crippen molar-refractivity contribution in [2.75, 3.05) is 0 Å². The van der Waals surface area contributed by atoms with Gasteiger partial charge in [0, 0.05) is 0 Å². The van der Waals surface area contributed by atoms with Gasteiger partial charge >= 0.3 is 188 Å². The number of hydrogen-bond donors (Lipinski definition) is 0. The molecule has 0 aliphatic carbocycles. The Labute approximate surface area is 186 Å². The van der Waals surface area contributed by atoms with Crippen LogP contribution in [0.15, 0.2) is 18.0 Å². The van der Waals surface area contributed by atoms with Gasteiger partial charge in [-0.05, 0) is 0 Å². The van der Waals surface area contributed by atoms with Crippen LogP contribution in [0.4, 0.5) is 0 Å². The van der Waals surface area contributed by atoms with Gasteiger partial charge in [0.15, 0.2) is 0 Å². The zero-order chi connectivity index (χ0) is 20.9. The van der Waals surface area contributed by atoms with Gasteiger partial charge in [-0.25, -0.2) is 0 Å². The first-order chi connectivity index (χ1) is 14.1. The van der Waals surface area contributed by atoms with E-state index in [-0.39, 0.29) is 5.78 Å². The predicted molar refractivity (Wildman–Crippen MR) is 128 cm³/mol. The fourth-order valence-electron chi connectivity index (χ4n) is 4.12. The second-order valence-electron chi connectivity index (χ2n) is 8.09. The average Bonchev–Trinajstić information content (AvgIpc) is 3.43. The van der Waals surface area contributed by atoms with Crippen LogP contribution in [0, 0.1) is 6.92 Å². The number of hydrogen-bond acceptors (Lipinski definition) is 5. The molecule has 4 nitrogen and oxygen atoms in total. The molecule has 0 aliphatic rings. The first kappa shape index (κ1) is 22.9. The van der Waals surface area contributed by atoms with Crippen molar-refractivity contribution in [2.24, 2.45) is 0 Å². The summed E-state index contributed by atoms with van der Waals surface area (Å²) in [6.07, 6.45) is 12.1. The van der Waals surface area contributed by atoms with Crippen LogP contribution >= 0.6 is 22.7 Å². The van der Waals surface area contributed by atoms with Crippen molar-refractivity contribution in [3.8, 4) is 0 Å². The minimum atomic E-state index is -2.49. The summed E-state index contributed by atoms with van der Waals surface area (Å²) in [5, 5.41) is 0. The Morgan fingerprint density at radius 3 is 2.17 bits per heavy atom. The third kappa shape index (κ3) is 4.96. The molecular weight excluding hydrogens is 505 g/mol. The number of imidazole rings is 1. The number of unbranched alkanes of at least 4 members (excludes halogenated alkanes) is 3. The molecular formula is C22H33N3OS2Sn. The molecule has 3 aromatic heterocycles. The topological polar surface area (TPSA) is 47.3 Å². The van der Waals surface area contributed by atoms with E-state index in [1.807, 2.05) is 24.6 Å². The Morgan fingerprint density at radius 2 is 1.66 bits per heavy atom. The molecule has 3 aromatic rings. The quantitative estimate of drug-likeness (QED) is 0.197. The van der Waals surface area contributed by atoms with E-state index in [2.05, 4.69) is 41.3 Å². The van der Waals surface area contributed by atoms with Crippen molar-refractivity contribution in [1.29, 1.82) is 0 Å². The van der Waals surface area contributed by atoms with Gasteiger partial charge in [-0.2, -0.15) is 0 Å². The maximum atomic E-state index is 13.1. The maximum absolute atomic E-state index is 13.1. The summed E-state index contributed by atoms with van der Waals surface area (Å²) in [6.45, 7) is 8.84. The van der Waals surface area contributed by atoms with Crippen LogP contribution in [-0.2, 0) is 0 Å². The first-order valence-electron chi connectivity index (χ1n) is 11.0. The SMILES string of the molecule is CCC[CH2][Sn]([CH2]CCC)([CH2]CCC)[c]1cn2cnc(C(=O)c3scnc3C)c2s1. The Bertz CT molecular complexity index is 921. The zero-order valence-corrected chi connectivity index (χ0v) is 22.6. The van der Waals surface area contributed by atoms with Gasteiger partial charge < -0.3 is 0 Å². The summed E-state index contributed by atoms with van der Waals surface area (Å²) < 4.78 is 8.10. The van der Waals surface area contributed by atoms with E-state index in [1.54, 1.807) is 8.40 Å². The van der Waals surface area contributed by atoms with Crippen LogP contribution in [0.1, 0.15) is 80.4 Å². The molecule has 7 heteroatoms. The molecule has 0 radical (unpaired) electrons. The molecule has 3 rings (SSSR count). The van der Waals surface area contributed by atoms with Crippen molar-refractivity contribution in [3.05, 3.63) is 34.3 Å². The van der Waals surface area contributed by atoms with Gasteiger partial charge in [-0.1, -0.05) is 0 Å². The van der Waals surface area contributed by atoms with Gasteiger partial charge in [-0.3, -0.25) is 0 Å². The number of aryl methyl sites for hydroxylation is 1. The van der Waals surface area contributed by atoms with E-state index < -0.39 is 18.4 Å². The Morgan fingerprint density at radius 1 is 1.03 bits per heavy atom. The zero-order valence-electron chi connectivity index (χ0n) is 18.2. The molecule has 0 saturated carbocycles. The van der Waals surface area contributed by atoms with E-state index in [4.69, 9.17) is 0 Å². The fourth-order valence-corrected chi connectivity index (χ4v) is 24.9. The summed E-state index contributed by atoms with van der Waals surface area (Å²) in [5.74, 6) is 0.0253. The molecule has 0 aromatic carbocycles. The molecule has 0 aliphatic heterocycles. The minimum absolute atomic E-state index is 0.0253. The molecule has 0 bridgehead atoms. The number of rotatable bonds is 12. The van der Waals surface area contributed by atoms with E-state index in [9.17, 15) is 4.79 Å². The van der Waals surface area contributed by atoms with E-state index >= 15 is 0 Å². The second kappa shape index (κ2) is 10.5. The number of carbonyl (C=O) groups is 1. The molecule has 0 saturated heterocycles. The summed E-state index contributed by atoms with van der Waals surface area (Å²) in [6, 6.07) is 0. The van der Waals surface area contributed by atoms with E-state index in [1.165, 1.54) is 63.2 Å². The van der Waals surface area contributed by atoms with Crippen molar-refractivity contribution in [2.45, 2.75) is 79.5 Å². The van der Waals surface area contributed by atoms with Gasteiger partial charge in [0.25, 0.3) is 0 Å². The van der Waals surface area contributed by atoms with Crippen molar-refractivity contribution >= 4 is 54.6 Å². The summed E-state index contributed by atoms with van der Waals surface area (Å²) in [7, 11) is 0. The number of fused-ring (bicyclic) bond motifs is 1. The Balaban J connectivity index is 2.02. The van der Waals surface area contributed by atoms with Crippen molar-refractivity contribution in [1.82, 2.24) is 14.4 Å². The number of aromatic nitrogens is 3. The number of nitrogens with zero attached hydrogens (tertiary/aromatic N) is 3. The predicted octanol–water partition coefficient (Wildman–Crippen LogP) is 6.45. The summed E-state index contributed by atoms with van der Waals surface area (Å²) in [4.78, 5) is 23.6. The van der Waals surface area contributed by atoms with Crippen LogP contribution in [0.2, 0.25) is 13.3 Å². The normalized spacial score (nSPS) is 12.1. The molecule has 0 amide bonds. The van der Waals surface area contributed by atoms with Crippen molar-refractivity contribution in [3.63, 3.8) is 0 Å². The van der Waals surface area contributed by atoms with Gasteiger partial charge in [0.1, 0.15) is 0 Å². The van der Waals surface area contributed by atoms with Crippen molar-refractivity contribution < 1.29 is 4.79 Å². The van der Waals surface area contributed by atoms with Crippen LogP contribution < -0.4 is 2.89 Å². The summed E-state index contributed by atoms with van der Waals surface area (Å²) >= 11 is 0.809. The number of carbonyl (C=O) groups excluding carboxylic acids is 1. The average molecular weight is 538 g/mol. The molecule has 0 unspecified atom stereocenters. The molecule has 0 atom stereocenters. The molecule has 29 heavy (non-hydrogen) atoms. The molecule has 0 fully saturated rings. The van der Waals surface area contributed by atoms with E-state index in [0.717, 1.165) is 15.4 Å². The Kier molecular flexibility index (Phi) is 8.33. The molecule has 3 heterocycles. The van der Waals surface area contributed by atoms with Crippen LogP contribution in [-0.4, -0.2) is 38.5 Å². The molecule has 0 N–H and O–H groups in total. The first-order valence-corrected chi connectivity index (χ1v) is 20.2. The van der Waals surface area contributed by atoms with Crippen LogP contribution in [0.3, 0.4) is 0 Å². The third-order valence-electron chi connectivity index (χ3n) is 5.93. The van der Waals surface area contributed by atoms with Gasteiger partial charge in [0.05, 0.1) is 0 Å². The number of ketones is 1. The standard InChI is InChI=1S/C10H6N3OS2.3C4H9.Sn/c1-6-9(16-5-12-6)8(14)7-10-13(4-11-7)2-3-15-10;3*1-3-4-2;/h2,4-5H,1H3;3*1,3-4H2,2H3;. The van der Waals surface area contributed by atoms with Gasteiger partial charge in [0.2, 0.25) is 0 Å².